The van der Waals surface area contributed by atoms with E-state index >= 15 is 0 Å². The molecule has 4 nitrogen and oxygen atoms in total. The van der Waals surface area contributed by atoms with E-state index in [4.69, 9.17) is 0 Å². The minimum absolute atomic E-state index is 0.274. The third-order valence-electron chi connectivity index (χ3n) is 2.54. The molecule has 0 radical (unpaired) electrons. The Morgan fingerprint density at radius 1 is 0.895 bits per heavy atom. The van der Waals surface area contributed by atoms with E-state index in [0.29, 0.717) is 29.4 Å². The van der Waals surface area contributed by atoms with Gasteiger partial charge < -0.3 is 5.32 Å². The lowest BCUT2D eigenvalue weighted by Gasteiger charge is -2.06. The molecule has 4 heteroatoms. The van der Waals surface area contributed by atoms with Crippen LogP contribution in [0.15, 0.2) is 48.5 Å². The topological polar surface area (TPSA) is 63.2 Å². The lowest BCUT2D eigenvalue weighted by molar-refractivity contribution is 0.102. The molecule has 1 N–H and O–H groups in total. The number of nitrogens with one attached hydrogen (secondary N) is 1. The Hall–Kier alpha value is -2.75. The highest BCUT2D eigenvalue weighted by Crippen LogP contribution is 2.11. The van der Waals surface area contributed by atoms with Crippen LogP contribution in [0.1, 0.15) is 31.1 Å². The molecule has 1 amide bonds. The van der Waals surface area contributed by atoms with Gasteiger partial charge in [0.05, 0.1) is 0 Å². The van der Waals surface area contributed by atoms with Crippen LogP contribution in [0, 0.1) is 0 Å². The molecule has 0 aromatic heterocycles. The molecule has 0 heterocycles. The van der Waals surface area contributed by atoms with Crippen molar-refractivity contribution in [2.75, 3.05) is 5.32 Å². The zero-order valence-corrected chi connectivity index (χ0v) is 10.00. The van der Waals surface area contributed by atoms with Crippen molar-refractivity contribution < 1.29 is 14.4 Å². The first-order valence-electron chi connectivity index (χ1n) is 5.65. The van der Waals surface area contributed by atoms with Crippen LogP contribution in [0.4, 0.5) is 5.69 Å². The summed E-state index contributed by atoms with van der Waals surface area (Å²) in [6, 6.07) is 13.3. The summed E-state index contributed by atoms with van der Waals surface area (Å²) in [7, 11) is 0. The van der Waals surface area contributed by atoms with Crippen LogP contribution in [-0.2, 0) is 0 Å². The van der Waals surface area contributed by atoms with Crippen molar-refractivity contribution in [1.82, 2.24) is 0 Å². The second-order valence-electron chi connectivity index (χ2n) is 3.94. The molecule has 0 unspecified atom stereocenters. The predicted molar refractivity (Wildman–Crippen MR) is 71.6 cm³/mol. The van der Waals surface area contributed by atoms with Gasteiger partial charge in [-0.05, 0) is 30.3 Å². The number of amides is 1. The van der Waals surface area contributed by atoms with Gasteiger partial charge in [-0.3, -0.25) is 14.4 Å². The molecule has 0 saturated heterocycles. The fourth-order valence-corrected chi connectivity index (χ4v) is 1.67. The van der Waals surface area contributed by atoms with E-state index in [2.05, 4.69) is 5.32 Å². The molecule has 0 atom stereocenters. The van der Waals surface area contributed by atoms with Crippen molar-refractivity contribution in [3.8, 4) is 0 Å². The minimum Gasteiger partial charge on any atom is -0.322 e. The monoisotopic (exact) mass is 253 g/mol. The number of hydrogen-bond acceptors (Lipinski definition) is 3. The van der Waals surface area contributed by atoms with E-state index in [9.17, 15) is 14.4 Å². The van der Waals surface area contributed by atoms with E-state index in [-0.39, 0.29) is 11.5 Å². The number of anilines is 1. The largest absolute Gasteiger partial charge is 0.322 e. The summed E-state index contributed by atoms with van der Waals surface area (Å²) < 4.78 is 0. The molecule has 0 spiro atoms. The predicted octanol–water partition coefficient (Wildman–Crippen LogP) is 2.56. The molecule has 94 valence electrons. The number of benzene rings is 2. The van der Waals surface area contributed by atoms with Gasteiger partial charge in [0, 0.05) is 22.4 Å². The maximum Gasteiger partial charge on any atom is 0.255 e. The van der Waals surface area contributed by atoms with Gasteiger partial charge in [0.2, 0.25) is 0 Å². The SMILES string of the molecule is O=Cc1cc(C=O)cc(C(=O)Nc2ccccc2)c1. The summed E-state index contributed by atoms with van der Waals surface area (Å²) in [5.41, 5.74) is 1.51. The maximum absolute atomic E-state index is 12.0. The van der Waals surface area contributed by atoms with Crippen LogP contribution in [0.5, 0.6) is 0 Å². The summed E-state index contributed by atoms with van der Waals surface area (Å²) >= 11 is 0. The Bertz CT molecular complexity index is 594. The van der Waals surface area contributed by atoms with Crippen LogP contribution < -0.4 is 5.32 Å². The minimum atomic E-state index is -0.363. The summed E-state index contributed by atoms with van der Waals surface area (Å²) in [6.45, 7) is 0. The van der Waals surface area contributed by atoms with Gasteiger partial charge in [0.15, 0.2) is 0 Å². The normalized spacial score (nSPS) is 9.68. The van der Waals surface area contributed by atoms with Crippen molar-refractivity contribution in [2.45, 2.75) is 0 Å². The lowest BCUT2D eigenvalue weighted by atomic mass is 10.1. The number of rotatable bonds is 4. The van der Waals surface area contributed by atoms with Crippen LogP contribution in [-0.4, -0.2) is 18.5 Å². The van der Waals surface area contributed by atoms with Crippen molar-refractivity contribution in [1.29, 1.82) is 0 Å². The van der Waals surface area contributed by atoms with Gasteiger partial charge in [-0.1, -0.05) is 18.2 Å². The van der Waals surface area contributed by atoms with Crippen LogP contribution >= 0.6 is 0 Å². The Kier molecular flexibility index (Phi) is 3.83. The first-order chi connectivity index (χ1) is 9.22. The number of carbonyl (C=O) groups excluding carboxylic acids is 3. The molecule has 2 aromatic carbocycles. The highest BCUT2D eigenvalue weighted by Gasteiger charge is 2.08. The maximum atomic E-state index is 12.0. The quantitative estimate of drug-likeness (QED) is 0.852. The standard InChI is InChI=1S/C15H11NO3/c17-9-11-6-12(10-18)8-13(7-11)15(19)16-14-4-2-1-3-5-14/h1-10H,(H,16,19). The van der Waals surface area contributed by atoms with Gasteiger partial charge >= 0.3 is 0 Å². The summed E-state index contributed by atoms with van der Waals surface area (Å²) in [5.74, 6) is -0.363. The Balaban J connectivity index is 2.28. The molecule has 0 aliphatic heterocycles. The molecule has 0 bridgehead atoms. The van der Waals surface area contributed by atoms with Crippen LogP contribution in [0.2, 0.25) is 0 Å². The Labute approximate surface area is 110 Å². The second kappa shape index (κ2) is 5.73. The van der Waals surface area contributed by atoms with Crippen molar-refractivity contribution in [2.24, 2.45) is 0 Å². The van der Waals surface area contributed by atoms with Gasteiger partial charge in [-0.25, -0.2) is 0 Å². The third kappa shape index (κ3) is 3.13. The van der Waals surface area contributed by atoms with E-state index < -0.39 is 0 Å². The van der Waals surface area contributed by atoms with E-state index in [1.165, 1.54) is 18.2 Å². The fraction of sp³-hybridized carbons (Fsp3) is 0. The fourth-order valence-electron chi connectivity index (χ4n) is 1.67. The summed E-state index contributed by atoms with van der Waals surface area (Å²) in [5, 5.41) is 2.69. The third-order valence-corrected chi connectivity index (χ3v) is 2.54. The van der Waals surface area contributed by atoms with E-state index in [1.807, 2.05) is 6.07 Å². The zero-order chi connectivity index (χ0) is 13.7. The van der Waals surface area contributed by atoms with Crippen LogP contribution in [0.3, 0.4) is 0 Å². The number of hydrogen-bond donors (Lipinski definition) is 1. The van der Waals surface area contributed by atoms with Crippen LogP contribution in [0.25, 0.3) is 0 Å². The molecule has 0 fully saturated rings. The number of carbonyl (C=O) groups is 3. The molecule has 0 saturated carbocycles. The summed E-state index contributed by atoms with van der Waals surface area (Å²) in [4.78, 5) is 33.5. The molecule has 0 aliphatic rings. The van der Waals surface area contributed by atoms with Gasteiger partial charge in [-0.2, -0.15) is 0 Å². The number of aldehydes is 2. The average Bonchev–Trinajstić information content (AvgIpc) is 2.47. The van der Waals surface area contributed by atoms with E-state index in [1.54, 1.807) is 24.3 Å². The van der Waals surface area contributed by atoms with Crippen molar-refractivity contribution in [3.63, 3.8) is 0 Å². The smallest absolute Gasteiger partial charge is 0.255 e. The van der Waals surface area contributed by atoms with Gasteiger partial charge in [-0.15, -0.1) is 0 Å². The first kappa shape index (κ1) is 12.7. The highest BCUT2D eigenvalue weighted by atomic mass is 16.1. The Morgan fingerprint density at radius 3 is 2.00 bits per heavy atom. The highest BCUT2D eigenvalue weighted by molar-refractivity contribution is 6.06. The summed E-state index contributed by atoms with van der Waals surface area (Å²) in [6.07, 6.45) is 1.21. The Morgan fingerprint density at radius 2 is 1.47 bits per heavy atom. The molecule has 2 aromatic rings. The lowest BCUT2D eigenvalue weighted by Crippen LogP contribution is -2.12. The molecule has 2 rings (SSSR count). The number of para-hydroxylation sites is 1. The second-order valence-corrected chi connectivity index (χ2v) is 3.94. The molecule has 19 heavy (non-hydrogen) atoms. The van der Waals surface area contributed by atoms with Crippen molar-refractivity contribution in [3.05, 3.63) is 65.2 Å². The van der Waals surface area contributed by atoms with Gasteiger partial charge in [0.25, 0.3) is 5.91 Å². The first-order valence-corrected chi connectivity index (χ1v) is 5.65. The van der Waals surface area contributed by atoms with Gasteiger partial charge in [0.1, 0.15) is 12.6 Å². The zero-order valence-electron chi connectivity index (χ0n) is 10.00. The molecular weight excluding hydrogens is 242 g/mol. The van der Waals surface area contributed by atoms with E-state index in [0.717, 1.165) is 0 Å². The molecule has 0 aliphatic carbocycles. The average molecular weight is 253 g/mol. The molecular formula is C15H11NO3. The van der Waals surface area contributed by atoms with Crippen molar-refractivity contribution >= 4 is 24.2 Å².